The van der Waals surface area contributed by atoms with Crippen LogP contribution >= 0.6 is 0 Å². The first-order valence-electron chi connectivity index (χ1n) is 13.5. The summed E-state index contributed by atoms with van der Waals surface area (Å²) in [4.78, 5) is 0. The summed E-state index contributed by atoms with van der Waals surface area (Å²) in [6.45, 7) is 5.52. The van der Waals surface area contributed by atoms with Gasteiger partial charge in [0, 0.05) is 0 Å². The lowest BCUT2D eigenvalue weighted by Gasteiger charge is -2.29. The van der Waals surface area contributed by atoms with Crippen molar-refractivity contribution in [1.82, 2.24) is 0 Å². The molecule has 0 aliphatic heterocycles. The molecule has 1 heteroatoms. The summed E-state index contributed by atoms with van der Waals surface area (Å²) in [6.07, 6.45) is 22.6. The molecule has 2 saturated carbocycles. The number of rotatable bonds is 12. The highest BCUT2D eigenvalue weighted by Crippen LogP contribution is 2.38. The van der Waals surface area contributed by atoms with E-state index in [-0.39, 0.29) is 0 Å². The van der Waals surface area contributed by atoms with E-state index in [4.69, 9.17) is 4.74 Å². The van der Waals surface area contributed by atoms with Crippen LogP contribution in [-0.2, 0) is 0 Å². The molecule has 2 aliphatic carbocycles. The Kier molecular flexibility index (Phi) is 10.6. The largest absolute Gasteiger partial charge is 0.494 e. The third-order valence-electron chi connectivity index (χ3n) is 8.10. The van der Waals surface area contributed by atoms with E-state index >= 15 is 0 Å². The molecule has 0 unspecified atom stereocenters. The molecule has 170 valence electrons. The second-order valence-electron chi connectivity index (χ2n) is 10.4. The number of hydrogen-bond donors (Lipinski definition) is 0. The summed E-state index contributed by atoms with van der Waals surface area (Å²) < 4.78 is 6.07. The average Bonchev–Trinajstić information content (AvgIpc) is 2.79. The van der Waals surface area contributed by atoms with Gasteiger partial charge < -0.3 is 4.74 Å². The minimum absolute atomic E-state index is 0.782. The van der Waals surface area contributed by atoms with Gasteiger partial charge in [0.25, 0.3) is 0 Å². The van der Waals surface area contributed by atoms with Crippen LogP contribution in [0, 0.1) is 17.8 Å². The number of unbranched alkanes of at least 4 members (excludes halogenated alkanes) is 2. The summed E-state index contributed by atoms with van der Waals surface area (Å²) in [6, 6.07) is 9.10. The predicted molar refractivity (Wildman–Crippen MR) is 130 cm³/mol. The quantitative estimate of drug-likeness (QED) is 0.311. The first-order valence-corrected chi connectivity index (χ1v) is 13.5. The van der Waals surface area contributed by atoms with Gasteiger partial charge in [-0.05, 0) is 79.9 Å². The Morgan fingerprint density at radius 2 is 1.20 bits per heavy atom. The molecular weight excluding hydrogens is 364 g/mol. The highest BCUT2D eigenvalue weighted by atomic mass is 16.5. The van der Waals surface area contributed by atoms with Crippen LogP contribution in [0.4, 0.5) is 0 Å². The minimum Gasteiger partial charge on any atom is -0.494 e. The molecule has 0 spiro atoms. The van der Waals surface area contributed by atoms with Crippen molar-refractivity contribution in [3.63, 3.8) is 0 Å². The van der Waals surface area contributed by atoms with Crippen LogP contribution in [0.1, 0.15) is 128 Å². The zero-order valence-electron chi connectivity index (χ0n) is 20.0. The van der Waals surface area contributed by atoms with E-state index in [9.17, 15) is 0 Å². The van der Waals surface area contributed by atoms with E-state index in [1.165, 1.54) is 108 Å². The maximum absolute atomic E-state index is 6.07. The molecule has 0 N–H and O–H groups in total. The highest BCUT2D eigenvalue weighted by molar-refractivity contribution is 5.29. The maximum atomic E-state index is 6.07. The Morgan fingerprint density at radius 1 is 0.633 bits per heavy atom. The van der Waals surface area contributed by atoms with E-state index < -0.39 is 0 Å². The van der Waals surface area contributed by atoms with Crippen LogP contribution < -0.4 is 4.74 Å². The van der Waals surface area contributed by atoms with Gasteiger partial charge in [0.05, 0.1) is 6.61 Å². The van der Waals surface area contributed by atoms with Gasteiger partial charge in [-0.3, -0.25) is 0 Å². The lowest BCUT2D eigenvalue weighted by Crippen LogP contribution is -2.15. The van der Waals surface area contributed by atoms with E-state index in [1.807, 2.05) is 0 Å². The molecule has 0 saturated heterocycles. The van der Waals surface area contributed by atoms with Gasteiger partial charge in [0.1, 0.15) is 5.75 Å². The van der Waals surface area contributed by atoms with E-state index in [2.05, 4.69) is 38.1 Å². The molecule has 2 aliphatic rings. The summed E-state index contributed by atoms with van der Waals surface area (Å²) >= 11 is 0. The van der Waals surface area contributed by atoms with Crippen LogP contribution in [0.3, 0.4) is 0 Å². The Labute approximate surface area is 187 Å². The Hall–Kier alpha value is -0.980. The van der Waals surface area contributed by atoms with Crippen LogP contribution in [0.5, 0.6) is 5.75 Å². The third-order valence-corrected chi connectivity index (χ3v) is 8.10. The van der Waals surface area contributed by atoms with Crippen molar-refractivity contribution in [2.45, 2.75) is 122 Å². The molecule has 1 nitrogen and oxygen atoms in total. The van der Waals surface area contributed by atoms with Crippen LogP contribution in [0.2, 0.25) is 0 Å². The zero-order valence-corrected chi connectivity index (χ0v) is 20.0. The monoisotopic (exact) mass is 412 g/mol. The topological polar surface area (TPSA) is 9.23 Å². The van der Waals surface area contributed by atoms with Gasteiger partial charge in [-0.25, -0.2) is 0 Å². The zero-order chi connectivity index (χ0) is 21.0. The molecule has 2 fully saturated rings. The van der Waals surface area contributed by atoms with Gasteiger partial charge >= 0.3 is 0 Å². The first-order chi connectivity index (χ1) is 14.8. The van der Waals surface area contributed by atoms with Crippen molar-refractivity contribution < 1.29 is 4.74 Å². The smallest absolute Gasteiger partial charge is 0.119 e. The molecule has 0 radical (unpaired) electrons. The number of benzene rings is 1. The van der Waals surface area contributed by atoms with Crippen LogP contribution in [0.15, 0.2) is 24.3 Å². The summed E-state index contributed by atoms with van der Waals surface area (Å²) in [5.41, 5.74) is 1.54. The second kappa shape index (κ2) is 13.4. The Balaban J connectivity index is 1.27. The number of ether oxygens (including phenoxy) is 1. The molecule has 0 atom stereocenters. The Morgan fingerprint density at radius 3 is 1.80 bits per heavy atom. The van der Waals surface area contributed by atoms with Crippen molar-refractivity contribution in [2.24, 2.45) is 17.8 Å². The van der Waals surface area contributed by atoms with E-state index in [0.717, 1.165) is 36.0 Å². The lowest BCUT2D eigenvalue weighted by molar-refractivity contribution is 0.228. The molecule has 1 aromatic rings. The van der Waals surface area contributed by atoms with Gasteiger partial charge in [-0.1, -0.05) is 90.2 Å². The molecule has 0 amide bonds. The first kappa shape index (κ1) is 23.7. The fourth-order valence-electron chi connectivity index (χ4n) is 6.08. The molecule has 30 heavy (non-hydrogen) atoms. The summed E-state index contributed by atoms with van der Waals surface area (Å²) in [5, 5.41) is 0. The van der Waals surface area contributed by atoms with E-state index in [0.29, 0.717) is 0 Å². The van der Waals surface area contributed by atoms with Gasteiger partial charge in [0.15, 0.2) is 0 Å². The van der Waals surface area contributed by atoms with Crippen molar-refractivity contribution in [2.75, 3.05) is 6.61 Å². The average molecular weight is 413 g/mol. The SMILES string of the molecule is CCCCCC1CCC(CCCOc2ccc(C3CCC(CCC)CC3)cc2)CC1. The molecule has 0 bridgehead atoms. The normalized spacial score (nSPS) is 27.1. The van der Waals surface area contributed by atoms with Crippen molar-refractivity contribution in [3.8, 4) is 5.75 Å². The Bertz CT molecular complexity index is 546. The van der Waals surface area contributed by atoms with Crippen LogP contribution in [0.25, 0.3) is 0 Å². The van der Waals surface area contributed by atoms with Crippen molar-refractivity contribution in [1.29, 1.82) is 0 Å². The van der Waals surface area contributed by atoms with Crippen molar-refractivity contribution >= 4 is 0 Å². The van der Waals surface area contributed by atoms with E-state index in [1.54, 1.807) is 0 Å². The third kappa shape index (κ3) is 7.93. The van der Waals surface area contributed by atoms with Crippen LogP contribution in [-0.4, -0.2) is 6.61 Å². The van der Waals surface area contributed by atoms with Gasteiger partial charge in [-0.15, -0.1) is 0 Å². The van der Waals surface area contributed by atoms with Gasteiger partial charge in [-0.2, -0.15) is 0 Å². The fourth-order valence-corrected chi connectivity index (χ4v) is 6.08. The fraction of sp³-hybridized carbons (Fsp3) is 0.793. The molecule has 1 aromatic carbocycles. The molecule has 0 aromatic heterocycles. The number of hydrogen-bond acceptors (Lipinski definition) is 1. The van der Waals surface area contributed by atoms with Crippen molar-refractivity contribution in [3.05, 3.63) is 29.8 Å². The standard InChI is InChI=1S/C29H48O/c1-3-5-6-9-25-11-13-26(14-12-25)10-7-23-30-29-21-19-28(20-22-29)27-17-15-24(8-4-2)16-18-27/h19-22,24-27H,3-18,23H2,1-2H3. The summed E-state index contributed by atoms with van der Waals surface area (Å²) in [5.74, 6) is 4.83. The summed E-state index contributed by atoms with van der Waals surface area (Å²) in [7, 11) is 0. The maximum Gasteiger partial charge on any atom is 0.119 e. The minimum atomic E-state index is 0.782. The molecular formula is C29H48O. The molecule has 3 rings (SSSR count). The van der Waals surface area contributed by atoms with Gasteiger partial charge in [0.2, 0.25) is 0 Å². The molecule has 0 heterocycles. The highest BCUT2D eigenvalue weighted by Gasteiger charge is 2.22. The second-order valence-corrected chi connectivity index (χ2v) is 10.4. The lowest BCUT2D eigenvalue weighted by atomic mass is 9.77. The predicted octanol–water partition coefficient (Wildman–Crippen LogP) is 9.31.